The molecule has 26 heavy (non-hydrogen) atoms. The second-order valence-corrected chi connectivity index (χ2v) is 7.04. The van der Waals surface area contributed by atoms with Gasteiger partial charge in [0.1, 0.15) is 5.75 Å². The first kappa shape index (κ1) is 20.5. The summed E-state index contributed by atoms with van der Waals surface area (Å²) in [7, 11) is 0. The molecule has 3 rings (SSSR count). The van der Waals surface area contributed by atoms with Crippen LogP contribution >= 0.6 is 12.4 Å². The van der Waals surface area contributed by atoms with Gasteiger partial charge in [-0.1, -0.05) is 13.0 Å². The molecule has 2 N–H and O–H groups in total. The molecule has 7 heteroatoms. The zero-order valence-corrected chi connectivity index (χ0v) is 16.0. The number of nitrogens with two attached hydrogens (primary N) is 1. The Morgan fingerprint density at radius 1 is 1.35 bits per heavy atom. The Hall–Kier alpha value is -1.79. The van der Waals surface area contributed by atoms with Crippen LogP contribution in [0.3, 0.4) is 0 Å². The molecule has 2 unspecified atom stereocenters. The van der Waals surface area contributed by atoms with E-state index in [4.69, 9.17) is 10.5 Å². The van der Waals surface area contributed by atoms with E-state index in [0.29, 0.717) is 24.6 Å². The minimum atomic E-state index is -0.0231. The topological polar surface area (TPSA) is 75.9 Å². The summed E-state index contributed by atoms with van der Waals surface area (Å²) in [4.78, 5) is 28.0. The van der Waals surface area contributed by atoms with Crippen LogP contribution in [0.25, 0.3) is 0 Å². The van der Waals surface area contributed by atoms with E-state index in [1.807, 2.05) is 29.2 Å². The van der Waals surface area contributed by atoms with Crippen molar-refractivity contribution in [3.8, 4) is 5.75 Å². The van der Waals surface area contributed by atoms with Gasteiger partial charge in [-0.15, -0.1) is 12.4 Å². The standard InChI is InChI=1S/C19H27N3O3.ClH/c1-14-7-9-22(16(10-14)12-20)19(24)13-25-17-5-2-4-15(11-17)21-8-3-6-18(21)23;/h2,4-5,11,14,16H,3,6-10,12-13,20H2,1H3;1H. The predicted molar refractivity (Wildman–Crippen MR) is 104 cm³/mol. The number of ether oxygens (including phenoxy) is 1. The fourth-order valence-corrected chi connectivity index (χ4v) is 3.69. The van der Waals surface area contributed by atoms with Gasteiger partial charge < -0.3 is 20.3 Å². The van der Waals surface area contributed by atoms with Crippen LogP contribution in [0.15, 0.2) is 24.3 Å². The van der Waals surface area contributed by atoms with Crippen molar-refractivity contribution in [2.75, 3.05) is 31.1 Å². The van der Waals surface area contributed by atoms with E-state index in [9.17, 15) is 9.59 Å². The Bertz CT molecular complexity index is 640. The molecule has 2 amide bonds. The summed E-state index contributed by atoms with van der Waals surface area (Å²) >= 11 is 0. The van der Waals surface area contributed by atoms with Crippen LogP contribution in [0, 0.1) is 5.92 Å². The number of hydrogen-bond donors (Lipinski definition) is 1. The molecule has 0 radical (unpaired) electrons. The molecule has 2 heterocycles. The van der Waals surface area contributed by atoms with Crippen molar-refractivity contribution in [2.24, 2.45) is 11.7 Å². The predicted octanol–water partition coefficient (Wildman–Crippen LogP) is 2.20. The Kier molecular flexibility index (Phi) is 7.29. The average molecular weight is 382 g/mol. The maximum Gasteiger partial charge on any atom is 0.260 e. The van der Waals surface area contributed by atoms with Crippen molar-refractivity contribution in [3.63, 3.8) is 0 Å². The Morgan fingerprint density at radius 3 is 2.85 bits per heavy atom. The highest BCUT2D eigenvalue weighted by Gasteiger charge is 2.29. The normalized spacial score (nSPS) is 22.9. The van der Waals surface area contributed by atoms with Crippen molar-refractivity contribution in [2.45, 2.75) is 38.6 Å². The van der Waals surface area contributed by atoms with E-state index in [-0.39, 0.29) is 36.9 Å². The Labute approximate surface area is 161 Å². The van der Waals surface area contributed by atoms with E-state index >= 15 is 0 Å². The number of amides is 2. The van der Waals surface area contributed by atoms with Gasteiger partial charge in [0.15, 0.2) is 6.61 Å². The molecule has 6 nitrogen and oxygen atoms in total. The number of hydrogen-bond acceptors (Lipinski definition) is 4. The number of halogens is 1. The summed E-state index contributed by atoms with van der Waals surface area (Å²) in [5.74, 6) is 1.33. The van der Waals surface area contributed by atoms with Crippen molar-refractivity contribution >= 4 is 29.9 Å². The van der Waals surface area contributed by atoms with Gasteiger partial charge >= 0.3 is 0 Å². The van der Waals surface area contributed by atoms with Gasteiger partial charge in [-0.3, -0.25) is 9.59 Å². The fraction of sp³-hybridized carbons (Fsp3) is 0.579. The third-order valence-corrected chi connectivity index (χ3v) is 5.14. The maximum atomic E-state index is 12.5. The largest absolute Gasteiger partial charge is 0.484 e. The first-order valence-electron chi connectivity index (χ1n) is 9.11. The molecule has 2 fully saturated rings. The minimum Gasteiger partial charge on any atom is -0.484 e. The van der Waals surface area contributed by atoms with Gasteiger partial charge in [0.2, 0.25) is 5.91 Å². The van der Waals surface area contributed by atoms with Crippen LogP contribution in [0.5, 0.6) is 5.75 Å². The molecule has 2 saturated heterocycles. The lowest BCUT2D eigenvalue weighted by atomic mass is 9.92. The number of carbonyl (C=O) groups excluding carboxylic acids is 2. The smallest absolute Gasteiger partial charge is 0.260 e. The summed E-state index contributed by atoms with van der Waals surface area (Å²) < 4.78 is 5.71. The third kappa shape index (κ3) is 4.68. The average Bonchev–Trinajstić information content (AvgIpc) is 3.05. The van der Waals surface area contributed by atoms with E-state index in [0.717, 1.165) is 38.0 Å². The first-order chi connectivity index (χ1) is 12.1. The lowest BCUT2D eigenvalue weighted by molar-refractivity contribution is -0.137. The number of carbonyl (C=O) groups is 2. The van der Waals surface area contributed by atoms with Gasteiger partial charge in [0.05, 0.1) is 0 Å². The molecule has 2 aliphatic heterocycles. The molecule has 2 aliphatic rings. The van der Waals surface area contributed by atoms with Gasteiger partial charge in [-0.05, 0) is 37.3 Å². The summed E-state index contributed by atoms with van der Waals surface area (Å²) in [6, 6.07) is 7.50. The van der Waals surface area contributed by atoms with Crippen LogP contribution in [0.4, 0.5) is 5.69 Å². The maximum absolute atomic E-state index is 12.5. The molecule has 0 bridgehead atoms. The van der Waals surface area contributed by atoms with Gasteiger partial charge in [0, 0.05) is 43.9 Å². The second kappa shape index (κ2) is 9.24. The van der Waals surface area contributed by atoms with E-state index in [1.54, 1.807) is 4.90 Å². The number of anilines is 1. The molecule has 0 aliphatic carbocycles. The Morgan fingerprint density at radius 2 is 2.15 bits per heavy atom. The van der Waals surface area contributed by atoms with Crippen molar-refractivity contribution in [3.05, 3.63) is 24.3 Å². The van der Waals surface area contributed by atoms with E-state index in [1.165, 1.54) is 0 Å². The number of likely N-dealkylation sites (tertiary alicyclic amines) is 1. The van der Waals surface area contributed by atoms with Crippen LogP contribution in [-0.4, -0.2) is 49.0 Å². The van der Waals surface area contributed by atoms with E-state index < -0.39 is 0 Å². The zero-order chi connectivity index (χ0) is 17.8. The zero-order valence-electron chi connectivity index (χ0n) is 15.2. The second-order valence-electron chi connectivity index (χ2n) is 7.04. The highest BCUT2D eigenvalue weighted by atomic mass is 35.5. The third-order valence-electron chi connectivity index (χ3n) is 5.14. The monoisotopic (exact) mass is 381 g/mol. The molecule has 0 aromatic heterocycles. The SMILES string of the molecule is CC1CCN(C(=O)COc2cccc(N3CCCC3=O)c2)C(CN)C1.Cl. The minimum absolute atomic E-state index is 0. The molecule has 0 spiro atoms. The number of piperidine rings is 1. The van der Waals surface area contributed by atoms with Crippen LogP contribution < -0.4 is 15.4 Å². The summed E-state index contributed by atoms with van der Waals surface area (Å²) in [6.45, 7) is 4.18. The lowest BCUT2D eigenvalue weighted by Crippen LogP contribution is -2.50. The van der Waals surface area contributed by atoms with Crippen LogP contribution in [0.1, 0.15) is 32.6 Å². The van der Waals surface area contributed by atoms with Gasteiger partial charge in [-0.25, -0.2) is 0 Å². The van der Waals surface area contributed by atoms with Gasteiger partial charge in [-0.2, -0.15) is 0 Å². The number of nitrogens with zero attached hydrogens (tertiary/aromatic N) is 2. The molecule has 144 valence electrons. The molecule has 1 aromatic rings. The van der Waals surface area contributed by atoms with E-state index in [2.05, 4.69) is 6.92 Å². The quantitative estimate of drug-likeness (QED) is 0.848. The Balaban J connectivity index is 0.00000243. The summed E-state index contributed by atoms with van der Waals surface area (Å²) in [6.07, 6.45) is 3.44. The molecule has 0 saturated carbocycles. The van der Waals surface area contributed by atoms with Crippen molar-refractivity contribution in [1.29, 1.82) is 0 Å². The molecular weight excluding hydrogens is 354 g/mol. The lowest BCUT2D eigenvalue weighted by Gasteiger charge is -2.37. The molecule has 2 atom stereocenters. The highest BCUT2D eigenvalue weighted by Crippen LogP contribution is 2.26. The van der Waals surface area contributed by atoms with Crippen LogP contribution in [-0.2, 0) is 9.59 Å². The van der Waals surface area contributed by atoms with Crippen molar-refractivity contribution < 1.29 is 14.3 Å². The molecular formula is C19H28ClN3O3. The van der Waals surface area contributed by atoms with Crippen molar-refractivity contribution in [1.82, 2.24) is 4.90 Å². The number of benzene rings is 1. The summed E-state index contributed by atoms with van der Waals surface area (Å²) in [5.41, 5.74) is 6.66. The van der Waals surface area contributed by atoms with Gasteiger partial charge in [0.25, 0.3) is 5.91 Å². The summed E-state index contributed by atoms with van der Waals surface area (Å²) in [5, 5.41) is 0. The number of rotatable bonds is 5. The highest BCUT2D eigenvalue weighted by molar-refractivity contribution is 5.95. The first-order valence-corrected chi connectivity index (χ1v) is 9.11. The fourth-order valence-electron chi connectivity index (χ4n) is 3.69. The molecule has 1 aromatic carbocycles. The van der Waals surface area contributed by atoms with Crippen LogP contribution in [0.2, 0.25) is 0 Å².